The van der Waals surface area contributed by atoms with Crippen LogP contribution in [0.5, 0.6) is 0 Å². The molecule has 9 heteroatoms. The molecule has 0 aliphatic carbocycles. The summed E-state index contributed by atoms with van der Waals surface area (Å²) in [5.41, 5.74) is 7.09. The maximum atomic E-state index is 12.7. The van der Waals surface area contributed by atoms with Crippen molar-refractivity contribution in [3.05, 3.63) is 83.0 Å². The van der Waals surface area contributed by atoms with E-state index in [0.717, 1.165) is 5.69 Å². The summed E-state index contributed by atoms with van der Waals surface area (Å²) in [6.07, 6.45) is 2.98. The van der Waals surface area contributed by atoms with E-state index in [1.807, 2.05) is 30.3 Å². The normalized spacial score (nSPS) is 10.8. The summed E-state index contributed by atoms with van der Waals surface area (Å²) in [5.74, 6) is -0.806. The molecule has 0 saturated carbocycles. The third kappa shape index (κ3) is 3.81. The van der Waals surface area contributed by atoms with Crippen LogP contribution >= 0.6 is 0 Å². The van der Waals surface area contributed by atoms with Crippen LogP contribution in [0.4, 0.5) is 5.69 Å². The highest BCUT2D eigenvalue weighted by Crippen LogP contribution is 2.13. The Labute approximate surface area is 170 Å². The second-order valence-corrected chi connectivity index (χ2v) is 6.61. The number of nitrogens with zero attached hydrogens (tertiary/aromatic N) is 4. The van der Waals surface area contributed by atoms with Crippen molar-refractivity contribution in [2.45, 2.75) is 13.0 Å². The minimum Gasteiger partial charge on any atom is -0.366 e. The van der Waals surface area contributed by atoms with Gasteiger partial charge >= 0.3 is 0 Å². The zero-order valence-corrected chi connectivity index (χ0v) is 15.9. The Bertz CT molecular complexity index is 1280. The van der Waals surface area contributed by atoms with Crippen molar-refractivity contribution < 1.29 is 9.59 Å². The number of amides is 2. The Hall–Kier alpha value is -4.27. The number of aryl methyl sites for hydroxylation is 1. The van der Waals surface area contributed by atoms with Crippen LogP contribution in [0.1, 0.15) is 16.8 Å². The average Bonchev–Trinajstić information content (AvgIpc) is 3.19. The van der Waals surface area contributed by atoms with Gasteiger partial charge in [0.15, 0.2) is 5.65 Å². The smallest absolute Gasteiger partial charge is 0.264 e. The molecule has 2 aromatic heterocycles. The number of nitrogens with one attached hydrogen (secondary N) is 1. The van der Waals surface area contributed by atoms with Gasteiger partial charge in [0.05, 0.1) is 18.2 Å². The number of hydrogen-bond acceptors (Lipinski definition) is 5. The number of nitrogens with two attached hydrogens (primary N) is 1. The molecule has 0 aliphatic rings. The van der Waals surface area contributed by atoms with Crippen molar-refractivity contribution in [2.24, 2.45) is 5.73 Å². The molecule has 0 bridgehead atoms. The van der Waals surface area contributed by atoms with Gasteiger partial charge in [-0.25, -0.2) is 9.67 Å². The first kappa shape index (κ1) is 19.1. The SMILES string of the molecule is NC(=O)c1ccc(NC(=O)CCn2cnc3c(cnn3-c3ccccc3)c2=O)cc1. The first-order valence-corrected chi connectivity index (χ1v) is 9.21. The standard InChI is InChI=1S/C21H18N6O3/c22-19(29)14-6-8-15(9-7-14)25-18(28)10-11-26-13-23-20-17(21(26)30)12-24-27(20)16-4-2-1-3-5-16/h1-9,12-13H,10-11H2,(H2,22,29)(H,25,28). The second-order valence-electron chi connectivity index (χ2n) is 6.61. The summed E-state index contributed by atoms with van der Waals surface area (Å²) in [4.78, 5) is 40.4. The van der Waals surface area contributed by atoms with E-state index >= 15 is 0 Å². The molecule has 150 valence electrons. The molecular formula is C21H18N6O3. The fraction of sp³-hybridized carbons (Fsp3) is 0.0952. The quantitative estimate of drug-likeness (QED) is 0.508. The molecule has 2 aromatic carbocycles. The number of carbonyl (C=O) groups excluding carboxylic acids is 2. The third-order valence-electron chi connectivity index (χ3n) is 4.59. The first-order valence-electron chi connectivity index (χ1n) is 9.21. The predicted molar refractivity (Wildman–Crippen MR) is 111 cm³/mol. The Morgan fingerprint density at radius 1 is 1.03 bits per heavy atom. The summed E-state index contributed by atoms with van der Waals surface area (Å²) in [6, 6.07) is 15.7. The number of anilines is 1. The molecule has 0 radical (unpaired) electrons. The van der Waals surface area contributed by atoms with Crippen molar-refractivity contribution in [1.82, 2.24) is 19.3 Å². The van der Waals surface area contributed by atoms with E-state index in [9.17, 15) is 14.4 Å². The van der Waals surface area contributed by atoms with Crippen molar-refractivity contribution in [1.29, 1.82) is 0 Å². The van der Waals surface area contributed by atoms with E-state index < -0.39 is 5.91 Å². The largest absolute Gasteiger partial charge is 0.366 e. The molecule has 9 nitrogen and oxygen atoms in total. The van der Waals surface area contributed by atoms with Crippen LogP contribution in [0.15, 0.2) is 71.9 Å². The summed E-state index contributed by atoms with van der Waals surface area (Å²) in [6.45, 7) is 0.170. The molecule has 0 spiro atoms. The number of rotatable bonds is 6. The van der Waals surface area contributed by atoms with Gasteiger partial charge in [0, 0.05) is 24.2 Å². The molecule has 4 rings (SSSR count). The monoisotopic (exact) mass is 402 g/mol. The van der Waals surface area contributed by atoms with E-state index in [2.05, 4.69) is 15.4 Å². The van der Waals surface area contributed by atoms with Gasteiger partial charge in [0.2, 0.25) is 11.8 Å². The summed E-state index contributed by atoms with van der Waals surface area (Å²) >= 11 is 0. The van der Waals surface area contributed by atoms with Crippen LogP contribution in [-0.2, 0) is 11.3 Å². The van der Waals surface area contributed by atoms with Gasteiger partial charge in [-0.3, -0.25) is 19.0 Å². The second kappa shape index (κ2) is 8.00. The molecule has 0 atom stereocenters. The van der Waals surface area contributed by atoms with Crippen molar-refractivity contribution in [3.8, 4) is 5.69 Å². The summed E-state index contributed by atoms with van der Waals surface area (Å²) in [7, 11) is 0. The topological polar surface area (TPSA) is 125 Å². The highest BCUT2D eigenvalue weighted by molar-refractivity contribution is 5.94. The van der Waals surface area contributed by atoms with Crippen LogP contribution in [0.2, 0.25) is 0 Å². The van der Waals surface area contributed by atoms with Gasteiger partial charge in [-0.15, -0.1) is 0 Å². The summed E-state index contributed by atoms with van der Waals surface area (Å²) < 4.78 is 2.98. The molecule has 4 aromatic rings. The zero-order chi connectivity index (χ0) is 21.1. The van der Waals surface area contributed by atoms with Gasteiger partial charge in [-0.1, -0.05) is 18.2 Å². The number of hydrogen-bond donors (Lipinski definition) is 2. The fourth-order valence-corrected chi connectivity index (χ4v) is 3.03. The molecule has 3 N–H and O–H groups in total. The van der Waals surface area contributed by atoms with Crippen molar-refractivity contribution in [2.75, 3.05) is 5.32 Å². The Morgan fingerprint density at radius 3 is 2.47 bits per heavy atom. The van der Waals surface area contributed by atoms with Crippen LogP contribution in [0.25, 0.3) is 16.7 Å². The molecule has 0 unspecified atom stereocenters. The predicted octanol–water partition coefficient (Wildman–Crippen LogP) is 1.71. The minimum atomic E-state index is -0.536. The van der Waals surface area contributed by atoms with E-state index in [1.54, 1.807) is 16.8 Å². The lowest BCUT2D eigenvalue weighted by molar-refractivity contribution is -0.116. The van der Waals surface area contributed by atoms with Gasteiger partial charge < -0.3 is 11.1 Å². The summed E-state index contributed by atoms with van der Waals surface area (Å²) in [5, 5.41) is 7.36. The van der Waals surface area contributed by atoms with Gasteiger partial charge in [-0.2, -0.15) is 5.10 Å². The maximum absolute atomic E-state index is 12.7. The maximum Gasteiger partial charge on any atom is 0.264 e. The van der Waals surface area contributed by atoms with Gasteiger partial charge in [-0.05, 0) is 36.4 Å². The Morgan fingerprint density at radius 2 is 1.77 bits per heavy atom. The molecule has 2 heterocycles. The van der Waals surface area contributed by atoms with E-state index in [4.69, 9.17) is 5.73 Å². The van der Waals surface area contributed by atoms with Gasteiger partial charge in [0.25, 0.3) is 5.56 Å². The highest BCUT2D eigenvalue weighted by atomic mass is 16.2. The lowest BCUT2D eigenvalue weighted by Crippen LogP contribution is -2.23. The van der Waals surface area contributed by atoms with E-state index in [0.29, 0.717) is 22.3 Å². The van der Waals surface area contributed by atoms with Crippen LogP contribution in [0.3, 0.4) is 0 Å². The van der Waals surface area contributed by atoms with E-state index in [1.165, 1.54) is 29.2 Å². The number of para-hydroxylation sites is 1. The molecular weight excluding hydrogens is 384 g/mol. The van der Waals surface area contributed by atoms with Crippen molar-refractivity contribution >= 4 is 28.5 Å². The van der Waals surface area contributed by atoms with Crippen LogP contribution in [0, 0.1) is 0 Å². The number of primary amides is 1. The fourth-order valence-electron chi connectivity index (χ4n) is 3.03. The highest BCUT2D eigenvalue weighted by Gasteiger charge is 2.12. The molecule has 0 saturated heterocycles. The number of benzene rings is 2. The molecule has 0 fully saturated rings. The number of carbonyl (C=O) groups is 2. The Kier molecular flexibility index (Phi) is 5.08. The lowest BCUT2D eigenvalue weighted by Gasteiger charge is -2.08. The number of fused-ring (bicyclic) bond motifs is 1. The Balaban J connectivity index is 1.46. The van der Waals surface area contributed by atoms with Crippen LogP contribution in [-0.4, -0.2) is 31.1 Å². The molecule has 0 aliphatic heterocycles. The minimum absolute atomic E-state index is 0.0808. The van der Waals surface area contributed by atoms with E-state index in [-0.39, 0.29) is 24.4 Å². The van der Waals surface area contributed by atoms with Gasteiger partial charge in [0.1, 0.15) is 5.39 Å². The number of aromatic nitrogens is 4. The molecule has 2 amide bonds. The lowest BCUT2D eigenvalue weighted by atomic mass is 10.2. The average molecular weight is 402 g/mol. The zero-order valence-electron chi connectivity index (χ0n) is 15.9. The van der Waals surface area contributed by atoms with Crippen molar-refractivity contribution in [3.63, 3.8) is 0 Å². The third-order valence-corrected chi connectivity index (χ3v) is 4.59. The first-order chi connectivity index (χ1) is 14.5. The van der Waals surface area contributed by atoms with Crippen LogP contribution < -0.4 is 16.6 Å². The molecule has 30 heavy (non-hydrogen) atoms.